The molecule has 0 spiro atoms. The van der Waals surface area contributed by atoms with Gasteiger partial charge in [-0.25, -0.2) is 9.78 Å². The molecule has 0 saturated carbocycles. The number of nitrogens with zero attached hydrogens (tertiary/aromatic N) is 1. The van der Waals surface area contributed by atoms with Gasteiger partial charge in [0.1, 0.15) is 5.76 Å². The largest absolute Gasteiger partial charge is 0.513 e. The van der Waals surface area contributed by atoms with Crippen LogP contribution in [0, 0.1) is 6.92 Å². The fourth-order valence-electron chi connectivity index (χ4n) is 3.46. The van der Waals surface area contributed by atoms with E-state index >= 15 is 0 Å². The molecule has 1 atom stereocenters. The Morgan fingerprint density at radius 3 is 2.55 bits per heavy atom. The Bertz CT molecular complexity index is 907. The topological polar surface area (TPSA) is 69.7 Å². The number of carbonyl (C=O) groups excluding carboxylic acids is 1. The molecule has 2 heterocycles. The van der Waals surface area contributed by atoms with Gasteiger partial charge in [0.25, 0.3) is 0 Å². The minimum Gasteiger partial charge on any atom is -0.475 e. The van der Waals surface area contributed by atoms with Gasteiger partial charge in [0, 0.05) is 6.20 Å². The Morgan fingerprint density at radius 2 is 1.93 bits per heavy atom. The van der Waals surface area contributed by atoms with Crippen LogP contribution >= 0.6 is 0 Å². The SMILES string of the molecule is CCOC(=O)OC1=C(CC)Nc2c(C)cnc(OC(C)C)c2C1c1ccccc1. The van der Waals surface area contributed by atoms with Gasteiger partial charge < -0.3 is 19.5 Å². The molecule has 0 amide bonds. The summed E-state index contributed by atoms with van der Waals surface area (Å²) >= 11 is 0. The van der Waals surface area contributed by atoms with Gasteiger partial charge in [-0.05, 0) is 45.2 Å². The zero-order chi connectivity index (χ0) is 21.0. The second kappa shape index (κ2) is 8.99. The number of aryl methyl sites for hydroxylation is 1. The van der Waals surface area contributed by atoms with E-state index in [-0.39, 0.29) is 18.6 Å². The number of fused-ring (bicyclic) bond motifs is 1. The number of pyridine rings is 1. The number of ether oxygens (including phenoxy) is 3. The number of anilines is 1. The number of aromatic nitrogens is 1. The van der Waals surface area contributed by atoms with Crippen LogP contribution in [-0.4, -0.2) is 23.9 Å². The molecule has 0 fully saturated rings. The lowest BCUT2D eigenvalue weighted by atomic mass is 9.84. The number of allylic oxidation sites excluding steroid dienone is 2. The molecule has 0 aliphatic carbocycles. The van der Waals surface area contributed by atoms with E-state index < -0.39 is 6.16 Å². The summed E-state index contributed by atoms with van der Waals surface area (Å²) in [6, 6.07) is 9.93. The van der Waals surface area contributed by atoms with E-state index in [1.54, 1.807) is 13.1 Å². The van der Waals surface area contributed by atoms with E-state index in [1.165, 1.54) is 0 Å². The molecule has 3 rings (SSSR count). The molecular weight excluding hydrogens is 368 g/mol. The lowest BCUT2D eigenvalue weighted by Crippen LogP contribution is -2.25. The second-order valence-corrected chi connectivity index (χ2v) is 7.15. The molecule has 1 aliphatic heterocycles. The molecule has 1 unspecified atom stereocenters. The number of hydrogen-bond acceptors (Lipinski definition) is 6. The highest BCUT2D eigenvalue weighted by Crippen LogP contribution is 2.47. The summed E-state index contributed by atoms with van der Waals surface area (Å²) < 4.78 is 16.8. The van der Waals surface area contributed by atoms with Crippen LogP contribution < -0.4 is 10.1 Å². The second-order valence-electron chi connectivity index (χ2n) is 7.15. The van der Waals surface area contributed by atoms with Gasteiger partial charge in [-0.2, -0.15) is 0 Å². The quantitative estimate of drug-likeness (QED) is 0.648. The van der Waals surface area contributed by atoms with Gasteiger partial charge in [-0.3, -0.25) is 0 Å². The fourth-order valence-corrected chi connectivity index (χ4v) is 3.46. The van der Waals surface area contributed by atoms with Crippen LogP contribution in [0.3, 0.4) is 0 Å². The summed E-state index contributed by atoms with van der Waals surface area (Å²) in [4.78, 5) is 16.8. The van der Waals surface area contributed by atoms with Crippen molar-refractivity contribution in [2.24, 2.45) is 0 Å². The molecule has 6 nitrogen and oxygen atoms in total. The standard InChI is InChI=1S/C23H28N2O4/c1-6-17-21(29-23(26)27-7-2)18(16-11-9-8-10-12-16)19-20(25-17)15(5)13-24-22(19)28-14(3)4/h8-14,18,25H,6-7H2,1-5H3. The minimum atomic E-state index is -0.716. The first-order valence-electron chi connectivity index (χ1n) is 10.0. The number of benzene rings is 1. The molecule has 1 aromatic carbocycles. The van der Waals surface area contributed by atoms with Crippen LogP contribution in [0.5, 0.6) is 5.88 Å². The van der Waals surface area contributed by atoms with Crippen molar-refractivity contribution < 1.29 is 19.0 Å². The Morgan fingerprint density at radius 1 is 1.21 bits per heavy atom. The van der Waals surface area contributed by atoms with E-state index in [9.17, 15) is 4.79 Å². The third-order valence-corrected chi connectivity index (χ3v) is 4.68. The highest BCUT2D eigenvalue weighted by atomic mass is 16.7. The first-order valence-corrected chi connectivity index (χ1v) is 10.0. The van der Waals surface area contributed by atoms with Crippen LogP contribution in [0.2, 0.25) is 0 Å². The first-order chi connectivity index (χ1) is 14.0. The Balaban J connectivity index is 2.23. The van der Waals surface area contributed by atoms with Crippen molar-refractivity contribution >= 4 is 11.8 Å². The maximum Gasteiger partial charge on any atom is 0.513 e. The smallest absolute Gasteiger partial charge is 0.475 e. The summed E-state index contributed by atoms with van der Waals surface area (Å²) in [5, 5.41) is 3.45. The molecule has 29 heavy (non-hydrogen) atoms. The molecule has 0 radical (unpaired) electrons. The van der Waals surface area contributed by atoms with E-state index in [1.807, 2.05) is 58.0 Å². The van der Waals surface area contributed by atoms with Crippen LogP contribution in [0.15, 0.2) is 48.0 Å². The van der Waals surface area contributed by atoms with Crippen molar-refractivity contribution in [3.8, 4) is 5.88 Å². The molecular formula is C23H28N2O4. The summed E-state index contributed by atoms with van der Waals surface area (Å²) in [5.74, 6) is 0.709. The van der Waals surface area contributed by atoms with Crippen LogP contribution in [-0.2, 0) is 9.47 Å². The molecule has 1 aliphatic rings. The zero-order valence-electron chi connectivity index (χ0n) is 17.6. The van der Waals surface area contributed by atoms with Gasteiger partial charge in [-0.1, -0.05) is 37.3 Å². The van der Waals surface area contributed by atoms with E-state index in [2.05, 4.69) is 10.3 Å². The van der Waals surface area contributed by atoms with Crippen LogP contribution in [0.4, 0.5) is 10.5 Å². The average molecular weight is 396 g/mol. The van der Waals surface area contributed by atoms with Crippen molar-refractivity contribution in [1.82, 2.24) is 4.98 Å². The molecule has 1 N–H and O–H groups in total. The third-order valence-electron chi connectivity index (χ3n) is 4.68. The monoisotopic (exact) mass is 396 g/mol. The Hall–Kier alpha value is -3.02. The van der Waals surface area contributed by atoms with Crippen molar-refractivity contribution in [3.63, 3.8) is 0 Å². The predicted octanol–water partition coefficient (Wildman–Crippen LogP) is 5.53. The molecule has 0 bridgehead atoms. The molecule has 1 aromatic heterocycles. The van der Waals surface area contributed by atoms with Gasteiger partial charge in [0.15, 0.2) is 0 Å². The van der Waals surface area contributed by atoms with Crippen LogP contribution in [0.1, 0.15) is 56.7 Å². The normalized spacial score (nSPS) is 15.6. The van der Waals surface area contributed by atoms with Gasteiger partial charge in [0.2, 0.25) is 5.88 Å². The fraction of sp³-hybridized carbons (Fsp3) is 0.391. The van der Waals surface area contributed by atoms with Crippen molar-refractivity contribution in [2.75, 3.05) is 11.9 Å². The molecule has 6 heteroatoms. The summed E-state index contributed by atoms with van der Waals surface area (Å²) in [6.45, 7) is 9.95. The summed E-state index contributed by atoms with van der Waals surface area (Å²) in [5.41, 5.74) is 4.63. The number of carbonyl (C=O) groups is 1. The molecule has 0 saturated heterocycles. The van der Waals surface area contributed by atoms with E-state index in [0.29, 0.717) is 18.1 Å². The number of nitrogens with one attached hydrogen (secondary N) is 1. The lowest BCUT2D eigenvalue weighted by molar-refractivity contribution is 0.0774. The third kappa shape index (κ3) is 4.36. The zero-order valence-corrected chi connectivity index (χ0v) is 17.6. The summed E-state index contributed by atoms with van der Waals surface area (Å²) in [7, 11) is 0. The first kappa shape index (κ1) is 20.7. The van der Waals surface area contributed by atoms with Crippen molar-refractivity contribution in [2.45, 2.75) is 53.1 Å². The maximum atomic E-state index is 12.2. The molecule has 154 valence electrons. The Kier molecular flexibility index (Phi) is 6.42. The van der Waals surface area contributed by atoms with Crippen LogP contribution in [0.25, 0.3) is 0 Å². The van der Waals surface area contributed by atoms with E-state index in [0.717, 1.165) is 28.1 Å². The van der Waals surface area contributed by atoms with E-state index in [4.69, 9.17) is 14.2 Å². The minimum absolute atomic E-state index is 0.0447. The average Bonchev–Trinajstić information content (AvgIpc) is 2.70. The van der Waals surface area contributed by atoms with Gasteiger partial charge in [-0.15, -0.1) is 0 Å². The van der Waals surface area contributed by atoms with Crippen molar-refractivity contribution in [3.05, 3.63) is 64.7 Å². The Labute approximate surface area is 171 Å². The highest BCUT2D eigenvalue weighted by Gasteiger charge is 2.36. The number of hydrogen-bond donors (Lipinski definition) is 1. The predicted molar refractivity (Wildman–Crippen MR) is 112 cm³/mol. The summed E-state index contributed by atoms with van der Waals surface area (Å²) in [6.07, 6.45) is 1.71. The lowest BCUT2D eigenvalue weighted by Gasteiger charge is -2.33. The van der Waals surface area contributed by atoms with Crippen molar-refractivity contribution in [1.29, 1.82) is 0 Å². The van der Waals surface area contributed by atoms with Gasteiger partial charge >= 0.3 is 6.16 Å². The highest BCUT2D eigenvalue weighted by molar-refractivity contribution is 5.72. The van der Waals surface area contributed by atoms with Gasteiger partial charge in [0.05, 0.1) is 35.6 Å². The molecule has 2 aromatic rings. The number of rotatable bonds is 6. The maximum absolute atomic E-state index is 12.2.